The van der Waals surface area contributed by atoms with Crippen LogP contribution in [0.4, 0.5) is 4.39 Å². The number of carbonyl (C=O) groups is 1. The first kappa shape index (κ1) is 10.5. The van der Waals surface area contributed by atoms with Gasteiger partial charge in [0, 0.05) is 6.07 Å². The summed E-state index contributed by atoms with van der Waals surface area (Å²) in [5.74, 6) is -2.22. The number of carbonyl (C=O) groups excluding carboxylic acids is 1. The summed E-state index contributed by atoms with van der Waals surface area (Å²) in [7, 11) is 0. The lowest BCUT2D eigenvalue weighted by Crippen LogP contribution is -2.02. The normalized spacial score (nSPS) is 9.50. The molecule has 1 N–H and O–H groups in total. The number of phenolic OH excluding ortho intramolecular Hbond substituents is 1. The van der Waals surface area contributed by atoms with E-state index in [0.717, 1.165) is 12.1 Å². The van der Waals surface area contributed by atoms with Crippen LogP contribution in [0.25, 0.3) is 0 Å². The van der Waals surface area contributed by atoms with Gasteiger partial charge in [0.15, 0.2) is 5.78 Å². The third kappa shape index (κ3) is 1.83. The van der Waals surface area contributed by atoms with Crippen molar-refractivity contribution in [2.24, 2.45) is 0 Å². The van der Waals surface area contributed by atoms with Crippen molar-refractivity contribution < 1.29 is 14.3 Å². The van der Waals surface area contributed by atoms with Gasteiger partial charge in [0.25, 0.3) is 0 Å². The molecule has 0 aliphatic heterocycles. The summed E-state index contributed by atoms with van der Waals surface area (Å²) >= 11 is 5.24. The number of halogens is 2. The van der Waals surface area contributed by atoms with Gasteiger partial charge in [-0.2, -0.15) is 5.26 Å². The van der Waals surface area contributed by atoms with Gasteiger partial charge in [0.1, 0.15) is 17.6 Å². The minimum absolute atomic E-state index is 0.212. The highest BCUT2D eigenvalue weighted by Gasteiger charge is 2.14. The summed E-state index contributed by atoms with van der Waals surface area (Å²) in [5, 5.41) is 17.7. The summed E-state index contributed by atoms with van der Waals surface area (Å²) in [6.07, 6.45) is 0. The zero-order valence-electron chi connectivity index (χ0n) is 6.92. The minimum atomic E-state index is -0.848. The molecule has 0 saturated carbocycles. The quantitative estimate of drug-likeness (QED) is 0.602. The minimum Gasteiger partial charge on any atom is -0.507 e. The van der Waals surface area contributed by atoms with Crippen LogP contribution in [-0.2, 0) is 0 Å². The molecule has 5 heteroatoms. The van der Waals surface area contributed by atoms with Gasteiger partial charge in [0.05, 0.1) is 17.0 Å². The van der Waals surface area contributed by atoms with Crippen LogP contribution in [0.1, 0.15) is 15.9 Å². The highest BCUT2D eigenvalue weighted by atomic mass is 35.5. The average molecular weight is 214 g/mol. The highest BCUT2D eigenvalue weighted by Crippen LogP contribution is 2.22. The maximum absolute atomic E-state index is 13.0. The number of ketones is 1. The van der Waals surface area contributed by atoms with E-state index >= 15 is 0 Å². The number of aromatic hydroxyl groups is 1. The number of nitrogens with zero attached hydrogens (tertiary/aromatic N) is 1. The van der Waals surface area contributed by atoms with Crippen LogP contribution in [0.2, 0.25) is 0 Å². The van der Waals surface area contributed by atoms with Crippen molar-refractivity contribution in [3.05, 3.63) is 29.1 Å². The number of Topliss-reactive ketones (excluding diaryl/α,β-unsaturated/α-hetero) is 1. The molecule has 0 aliphatic carbocycles. The Morgan fingerprint density at radius 2 is 2.29 bits per heavy atom. The topological polar surface area (TPSA) is 61.1 Å². The molecule has 0 aliphatic rings. The first-order valence-corrected chi connectivity index (χ1v) is 4.15. The standard InChI is InChI=1S/C9H5ClFNO2/c10-3-9(14)6-2-7(11)5(4-12)1-8(6)13/h1-2,13H,3H2. The Balaban J connectivity index is 3.30. The monoisotopic (exact) mass is 213 g/mol. The summed E-state index contributed by atoms with van der Waals surface area (Å²) in [4.78, 5) is 11.0. The predicted molar refractivity (Wildman–Crippen MR) is 47.8 cm³/mol. The maximum atomic E-state index is 13.0. The Morgan fingerprint density at radius 1 is 1.64 bits per heavy atom. The Kier molecular flexibility index (Phi) is 3.05. The van der Waals surface area contributed by atoms with E-state index in [-0.39, 0.29) is 17.0 Å². The molecule has 0 saturated heterocycles. The number of hydrogen-bond acceptors (Lipinski definition) is 3. The third-order valence-electron chi connectivity index (χ3n) is 1.63. The van der Waals surface area contributed by atoms with Gasteiger partial charge in [-0.15, -0.1) is 11.6 Å². The van der Waals surface area contributed by atoms with Gasteiger partial charge in [-0.05, 0) is 6.07 Å². The van der Waals surface area contributed by atoms with Crippen LogP contribution < -0.4 is 0 Å². The van der Waals surface area contributed by atoms with Crippen molar-refractivity contribution in [3.63, 3.8) is 0 Å². The number of alkyl halides is 1. The lowest BCUT2D eigenvalue weighted by atomic mass is 10.1. The van der Waals surface area contributed by atoms with Crippen LogP contribution in [-0.4, -0.2) is 16.8 Å². The van der Waals surface area contributed by atoms with Crippen molar-refractivity contribution in [1.29, 1.82) is 5.26 Å². The second-order valence-corrected chi connectivity index (χ2v) is 2.79. The molecule has 0 heterocycles. The number of nitriles is 1. The molecule has 1 aromatic rings. The Bertz CT molecular complexity index is 426. The maximum Gasteiger partial charge on any atom is 0.181 e. The van der Waals surface area contributed by atoms with E-state index in [4.69, 9.17) is 16.9 Å². The number of rotatable bonds is 2. The van der Waals surface area contributed by atoms with Crippen LogP contribution in [0.15, 0.2) is 12.1 Å². The smallest absolute Gasteiger partial charge is 0.181 e. The second-order valence-electron chi connectivity index (χ2n) is 2.52. The van der Waals surface area contributed by atoms with Crippen molar-refractivity contribution in [3.8, 4) is 11.8 Å². The number of phenols is 1. The largest absolute Gasteiger partial charge is 0.507 e. The molecular formula is C9H5ClFNO2. The van der Waals surface area contributed by atoms with Crippen molar-refractivity contribution in [1.82, 2.24) is 0 Å². The van der Waals surface area contributed by atoms with Gasteiger partial charge in [0.2, 0.25) is 0 Å². The number of hydrogen-bond donors (Lipinski definition) is 1. The Hall–Kier alpha value is -1.60. The zero-order valence-corrected chi connectivity index (χ0v) is 7.68. The molecule has 3 nitrogen and oxygen atoms in total. The summed E-state index contributed by atoms with van der Waals surface area (Å²) in [6.45, 7) is 0. The fraction of sp³-hybridized carbons (Fsp3) is 0.111. The van der Waals surface area contributed by atoms with Gasteiger partial charge in [-0.3, -0.25) is 4.79 Å². The number of benzene rings is 1. The molecule has 0 radical (unpaired) electrons. The molecule has 14 heavy (non-hydrogen) atoms. The lowest BCUT2D eigenvalue weighted by Gasteiger charge is -2.02. The summed E-state index contributed by atoms with van der Waals surface area (Å²) in [5.41, 5.74) is -0.523. The molecule has 0 aromatic heterocycles. The first-order valence-electron chi connectivity index (χ1n) is 3.62. The van der Waals surface area contributed by atoms with Gasteiger partial charge in [-0.25, -0.2) is 4.39 Å². The molecule has 1 rings (SSSR count). The van der Waals surface area contributed by atoms with Crippen molar-refractivity contribution in [2.45, 2.75) is 0 Å². The van der Waals surface area contributed by atoms with Crippen molar-refractivity contribution in [2.75, 3.05) is 5.88 Å². The fourth-order valence-electron chi connectivity index (χ4n) is 0.943. The molecular weight excluding hydrogens is 209 g/mol. The van der Waals surface area contributed by atoms with E-state index < -0.39 is 17.3 Å². The Morgan fingerprint density at radius 3 is 2.79 bits per heavy atom. The SMILES string of the molecule is N#Cc1cc(O)c(C(=O)CCl)cc1F. The first-order chi connectivity index (χ1) is 6.60. The molecule has 0 atom stereocenters. The van der Waals surface area contributed by atoms with E-state index in [1.165, 1.54) is 0 Å². The predicted octanol–water partition coefficient (Wildman–Crippen LogP) is 1.82. The third-order valence-corrected chi connectivity index (χ3v) is 1.87. The van der Waals surface area contributed by atoms with Gasteiger partial charge >= 0.3 is 0 Å². The van der Waals surface area contributed by atoms with Crippen LogP contribution in [0.5, 0.6) is 5.75 Å². The lowest BCUT2D eigenvalue weighted by molar-refractivity contribution is 0.101. The summed E-state index contributed by atoms with van der Waals surface area (Å²) < 4.78 is 13.0. The zero-order chi connectivity index (χ0) is 10.7. The highest BCUT2D eigenvalue weighted by molar-refractivity contribution is 6.30. The molecule has 0 unspecified atom stereocenters. The Labute approximate surface area is 84.3 Å². The van der Waals surface area contributed by atoms with E-state index in [1.54, 1.807) is 6.07 Å². The second kappa shape index (κ2) is 4.07. The van der Waals surface area contributed by atoms with Crippen LogP contribution in [0.3, 0.4) is 0 Å². The molecule has 0 spiro atoms. The van der Waals surface area contributed by atoms with Crippen molar-refractivity contribution >= 4 is 17.4 Å². The van der Waals surface area contributed by atoms with Crippen LogP contribution >= 0.6 is 11.6 Å². The molecule has 1 aromatic carbocycles. The molecule has 0 fully saturated rings. The average Bonchev–Trinajstić information content (AvgIpc) is 2.19. The van der Waals surface area contributed by atoms with Gasteiger partial charge in [-0.1, -0.05) is 0 Å². The van der Waals surface area contributed by atoms with E-state index in [1.807, 2.05) is 0 Å². The van der Waals surface area contributed by atoms with Gasteiger partial charge < -0.3 is 5.11 Å². The van der Waals surface area contributed by atoms with Crippen LogP contribution in [0, 0.1) is 17.1 Å². The molecule has 0 amide bonds. The summed E-state index contributed by atoms with van der Waals surface area (Å²) in [6, 6.07) is 3.24. The molecule has 0 bridgehead atoms. The molecule has 72 valence electrons. The fourth-order valence-corrected chi connectivity index (χ4v) is 1.09. The van der Waals surface area contributed by atoms with E-state index in [0.29, 0.717) is 0 Å². The van der Waals surface area contributed by atoms with E-state index in [2.05, 4.69) is 0 Å². The van der Waals surface area contributed by atoms with E-state index in [9.17, 15) is 14.3 Å².